The van der Waals surface area contributed by atoms with Crippen molar-refractivity contribution in [2.45, 2.75) is 45.6 Å². The summed E-state index contributed by atoms with van der Waals surface area (Å²) >= 11 is 0. The normalized spacial score (nSPS) is 18.7. The van der Waals surface area contributed by atoms with Crippen LogP contribution in [-0.4, -0.2) is 26.5 Å². The summed E-state index contributed by atoms with van der Waals surface area (Å²) in [7, 11) is 0. The van der Waals surface area contributed by atoms with Crippen LogP contribution in [0.1, 0.15) is 50.7 Å². The van der Waals surface area contributed by atoms with Crippen LogP contribution in [0.2, 0.25) is 0 Å². The second-order valence-corrected chi connectivity index (χ2v) is 6.28. The standard InChI is InChI=1S/C17H23N5/c1-13(2)10-14-11-16(21-12-20-14)22-9-4-3-6-15(22)17-18-7-5-8-19-17/h5,7-8,11-13,15H,3-4,6,9-10H2,1-2H3. The number of hydrogen-bond acceptors (Lipinski definition) is 5. The number of nitrogens with zero attached hydrogens (tertiary/aromatic N) is 5. The summed E-state index contributed by atoms with van der Waals surface area (Å²) < 4.78 is 0. The van der Waals surface area contributed by atoms with E-state index in [-0.39, 0.29) is 6.04 Å². The second kappa shape index (κ2) is 6.81. The van der Waals surface area contributed by atoms with Crippen LogP contribution in [0.15, 0.2) is 30.9 Å². The molecule has 0 aliphatic carbocycles. The highest BCUT2D eigenvalue weighted by atomic mass is 15.2. The van der Waals surface area contributed by atoms with E-state index >= 15 is 0 Å². The van der Waals surface area contributed by atoms with Gasteiger partial charge in [-0.15, -0.1) is 0 Å². The molecule has 3 heterocycles. The molecule has 0 spiro atoms. The highest BCUT2D eigenvalue weighted by molar-refractivity contribution is 5.42. The summed E-state index contributed by atoms with van der Waals surface area (Å²) in [6, 6.07) is 4.21. The van der Waals surface area contributed by atoms with E-state index < -0.39 is 0 Å². The third-order valence-electron chi connectivity index (χ3n) is 4.01. The highest BCUT2D eigenvalue weighted by Gasteiger charge is 2.27. The summed E-state index contributed by atoms with van der Waals surface area (Å²) in [5.74, 6) is 2.49. The molecule has 5 nitrogen and oxygen atoms in total. The van der Waals surface area contributed by atoms with Crippen molar-refractivity contribution in [1.82, 2.24) is 19.9 Å². The average molecular weight is 297 g/mol. The molecular formula is C17H23N5. The third kappa shape index (κ3) is 3.40. The van der Waals surface area contributed by atoms with Gasteiger partial charge in [0.25, 0.3) is 0 Å². The molecule has 0 saturated carbocycles. The fourth-order valence-corrected chi connectivity index (χ4v) is 3.03. The monoisotopic (exact) mass is 297 g/mol. The minimum atomic E-state index is 0.219. The van der Waals surface area contributed by atoms with Gasteiger partial charge in [0.1, 0.15) is 12.1 Å². The van der Waals surface area contributed by atoms with Gasteiger partial charge in [-0.2, -0.15) is 0 Å². The third-order valence-corrected chi connectivity index (χ3v) is 4.01. The molecule has 5 heteroatoms. The van der Waals surface area contributed by atoms with E-state index in [0.29, 0.717) is 5.92 Å². The number of piperidine rings is 1. The van der Waals surface area contributed by atoms with Crippen molar-refractivity contribution in [3.05, 3.63) is 42.4 Å². The van der Waals surface area contributed by atoms with E-state index in [1.807, 2.05) is 18.5 Å². The Bertz CT molecular complexity index is 599. The molecule has 22 heavy (non-hydrogen) atoms. The van der Waals surface area contributed by atoms with Crippen LogP contribution in [0, 0.1) is 5.92 Å². The van der Waals surface area contributed by atoms with Crippen LogP contribution in [0.5, 0.6) is 0 Å². The Balaban J connectivity index is 1.87. The summed E-state index contributed by atoms with van der Waals surface area (Å²) in [5.41, 5.74) is 1.11. The van der Waals surface area contributed by atoms with Gasteiger partial charge in [-0.25, -0.2) is 19.9 Å². The van der Waals surface area contributed by atoms with Crippen molar-refractivity contribution in [1.29, 1.82) is 0 Å². The van der Waals surface area contributed by atoms with E-state index in [0.717, 1.165) is 36.7 Å². The maximum absolute atomic E-state index is 4.51. The lowest BCUT2D eigenvalue weighted by Gasteiger charge is -2.35. The van der Waals surface area contributed by atoms with Gasteiger partial charge >= 0.3 is 0 Å². The fourth-order valence-electron chi connectivity index (χ4n) is 3.03. The van der Waals surface area contributed by atoms with Gasteiger partial charge < -0.3 is 4.90 Å². The largest absolute Gasteiger partial charge is 0.346 e. The minimum Gasteiger partial charge on any atom is -0.346 e. The summed E-state index contributed by atoms with van der Waals surface area (Å²) in [4.78, 5) is 20.2. The van der Waals surface area contributed by atoms with Crippen LogP contribution in [0.3, 0.4) is 0 Å². The minimum absolute atomic E-state index is 0.219. The zero-order valence-corrected chi connectivity index (χ0v) is 13.3. The Hall–Kier alpha value is -2.04. The van der Waals surface area contributed by atoms with Crippen molar-refractivity contribution in [2.24, 2.45) is 5.92 Å². The molecule has 0 aromatic carbocycles. The Labute approximate surface area is 131 Å². The van der Waals surface area contributed by atoms with E-state index in [9.17, 15) is 0 Å². The molecule has 3 rings (SSSR count). The van der Waals surface area contributed by atoms with Crippen LogP contribution >= 0.6 is 0 Å². The molecule has 2 aromatic rings. The quantitative estimate of drug-likeness (QED) is 0.867. The van der Waals surface area contributed by atoms with E-state index in [2.05, 4.69) is 44.7 Å². The van der Waals surface area contributed by atoms with Crippen LogP contribution in [0.4, 0.5) is 5.82 Å². The van der Waals surface area contributed by atoms with E-state index in [1.54, 1.807) is 6.33 Å². The Morgan fingerprint density at radius 1 is 1.14 bits per heavy atom. The molecular weight excluding hydrogens is 274 g/mol. The number of anilines is 1. The van der Waals surface area contributed by atoms with Crippen LogP contribution in [0.25, 0.3) is 0 Å². The van der Waals surface area contributed by atoms with Gasteiger partial charge in [-0.1, -0.05) is 13.8 Å². The van der Waals surface area contributed by atoms with Crippen molar-refractivity contribution in [3.63, 3.8) is 0 Å². The Morgan fingerprint density at radius 2 is 1.95 bits per heavy atom. The lowest BCUT2D eigenvalue weighted by Crippen LogP contribution is -2.35. The summed E-state index contributed by atoms with van der Waals surface area (Å²) in [5, 5.41) is 0. The molecule has 0 N–H and O–H groups in total. The number of rotatable bonds is 4. The number of aromatic nitrogens is 4. The molecule has 1 aliphatic heterocycles. The first kappa shape index (κ1) is 14.9. The summed E-state index contributed by atoms with van der Waals surface area (Å²) in [6.07, 6.45) is 9.78. The number of hydrogen-bond donors (Lipinski definition) is 0. The molecule has 116 valence electrons. The van der Waals surface area contributed by atoms with Crippen LogP contribution < -0.4 is 4.90 Å². The maximum atomic E-state index is 4.51. The molecule has 0 amide bonds. The van der Waals surface area contributed by atoms with Crippen molar-refractivity contribution < 1.29 is 0 Å². The highest BCUT2D eigenvalue weighted by Crippen LogP contribution is 2.32. The first-order valence-electron chi connectivity index (χ1n) is 8.08. The Kier molecular flexibility index (Phi) is 4.61. The van der Waals surface area contributed by atoms with Crippen molar-refractivity contribution >= 4 is 5.82 Å². The second-order valence-electron chi connectivity index (χ2n) is 6.28. The van der Waals surface area contributed by atoms with Gasteiger partial charge in [-0.05, 0) is 37.7 Å². The van der Waals surface area contributed by atoms with Crippen molar-refractivity contribution in [3.8, 4) is 0 Å². The molecule has 0 bridgehead atoms. The molecule has 1 atom stereocenters. The van der Waals surface area contributed by atoms with Gasteiger partial charge in [0.2, 0.25) is 0 Å². The van der Waals surface area contributed by atoms with Gasteiger partial charge in [0, 0.05) is 30.7 Å². The maximum Gasteiger partial charge on any atom is 0.150 e. The van der Waals surface area contributed by atoms with Gasteiger partial charge in [-0.3, -0.25) is 0 Å². The average Bonchev–Trinajstić information content (AvgIpc) is 2.55. The fraction of sp³-hybridized carbons (Fsp3) is 0.529. The first-order chi connectivity index (χ1) is 10.7. The molecule has 1 fully saturated rings. The smallest absolute Gasteiger partial charge is 0.150 e. The van der Waals surface area contributed by atoms with E-state index in [1.165, 1.54) is 12.8 Å². The lowest BCUT2D eigenvalue weighted by atomic mass is 10.0. The van der Waals surface area contributed by atoms with Crippen LogP contribution in [-0.2, 0) is 6.42 Å². The SMILES string of the molecule is CC(C)Cc1cc(N2CCCCC2c2ncccn2)ncn1. The first-order valence-corrected chi connectivity index (χ1v) is 8.08. The molecule has 1 saturated heterocycles. The molecule has 2 aromatic heterocycles. The topological polar surface area (TPSA) is 54.8 Å². The lowest BCUT2D eigenvalue weighted by molar-refractivity contribution is 0.452. The predicted octanol–water partition coefficient (Wildman–Crippen LogP) is 3.20. The molecule has 1 unspecified atom stereocenters. The van der Waals surface area contributed by atoms with E-state index in [4.69, 9.17) is 0 Å². The molecule has 1 aliphatic rings. The van der Waals surface area contributed by atoms with Gasteiger partial charge in [0.15, 0.2) is 5.82 Å². The summed E-state index contributed by atoms with van der Waals surface area (Å²) in [6.45, 7) is 5.42. The van der Waals surface area contributed by atoms with Gasteiger partial charge in [0.05, 0.1) is 6.04 Å². The van der Waals surface area contributed by atoms with Crippen molar-refractivity contribution in [2.75, 3.05) is 11.4 Å². The zero-order chi connectivity index (χ0) is 15.4. The Morgan fingerprint density at radius 3 is 2.73 bits per heavy atom. The predicted molar refractivity (Wildman–Crippen MR) is 86.5 cm³/mol. The molecule has 0 radical (unpaired) electrons. The zero-order valence-electron chi connectivity index (χ0n) is 13.3.